The summed E-state index contributed by atoms with van der Waals surface area (Å²) in [5.74, 6) is 1.21. The molecule has 1 fully saturated rings. The molecule has 1 aliphatic heterocycles. The van der Waals surface area contributed by atoms with Crippen molar-refractivity contribution in [3.8, 4) is 5.82 Å². The topological polar surface area (TPSA) is 56.0 Å². The number of hydrogen-bond acceptors (Lipinski definition) is 4. The molecule has 6 heteroatoms. The molecular weight excluding hydrogens is 254 g/mol. The molecule has 2 aromatic heterocycles. The molecule has 0 saturated carbocycles. The van der Waals surface area contributed by atoms with E-state index in [4.69, 9.17) is 0 Å². The zero-order valence-corrected chi connectivity index (χ0v) is 11.6. The third kappa shape index (κ3) is 2.80. The van der Waals surface area contributed by atoms with Crippen molar-refractivity contribution in [2.75, 3.05) is 20.1 Å². The molecule has 0 spiro atoms. The lowest BCUT2D eigenvalue weighted by Gasteiger charge is -2.28. The normalized spacial score (nSPS) is 17.4. The Labute approximate surface area is 117 Å². The Balaban J connectivity index is 1.79. The molecule has 0 aliphatic carbocycles. The molecule has 1 saturated heterocycles. The molecule has 0 amide bonds. The smallest absolute Gasteiger partial charge is 0.266 e. The van der Waals surface area contributed by atoms with E-state index >= 15 is 0 Å². The van der Waals surface area contributed by atoms with E-state index < -0.39 is 0 Å². The minimum atomic E-state index is -0.0418. The molecule has 0 aromatic carbocycles. The Kier molecular flexibility index (Phi) is 3.64. The molecule has 20 heavy (non-hydrogen) atoms. The van der Waals surface area contributed by atoms with Crippen LogP contribution in [-0.4, -0.2) is 44.6 Å². The van der Waals surface area contributed by atoms with Gasteiger partial charge in [0, 0.05) is 25.0 Å². The van der Waals surface area contributed by atoms with Gasteiger partial charge in [-0.1, -0.05) is 0 Å². The highest BCUT2D eigenvalue weighted by atomic mass is 16.1. The quantitative estimate of drug-likeness (QED) is 0.829. The summed E-state index contributed by atoms with van der Waals surface area (Å²) in [6.45, 7) is 2.89. The SMILES string of the molecule is CN1CCC(Cn2nc(-n3cccn3)ccc2=O)CC1. The lowest BCUT2D eigenvalue weighted by Crippen LogP contribution is -2.34. The average Bonchev–Trinajstić information content (AvgIpc) is 2.98. The molecule has 106 valence electrons. The molecule has 0 radical (unpaired) electrons. The third-order valence-electron chi connectivity index (χ3n) is 3.86. The molecule has 0 N–H and O–H groups in total. The van der Waals surface area contributed by atoms with Crippen molar-refractivity contribution in [3.05, 3.63) is 40.9 Å². The highest BCUT2D eigenvalue weighted by Gasteiger charge is 2.18. The van der Waals surface area contributed by atoms with Crippen LogP contribution in [0.15, 0.2) is 35.4 Å². The molecule has 0 unspecified atom stereocenters. The fourth-order valence-electron chi connectivity index (χ4n) is 2.58. The monoisotopic (exact) mass is 273 g/mol. The maximum absolute atomic E-state index is 11.9. The van der Waals surface area contributed by atoms with Gasteiger partial charge in [0.1, 0.15) is 0 Å². The Bertz CT molecular complexity index is 611. The first-order valence-corrected chi connectivity index (χ1v) is 6.99. The van der Waals surface area contributed by atoms with Crippen LogP contribution in [0.4, 0.5) is 0 Å². The van der Waals surface area contributed by atoms with E-state index in [-0.39, 0.29) is 5.56 Å². The van der Waals surface area contributed by atoms with Crippen LogP contribution in [0, 0.1) is 5.92 Å². The summed E-state index contributed by atoms with van der Waals surface area (Å²) in [7, 11) is 2.14. The summed E-state index contributed by atoms with van der Waals surface area (Å²) in [6.07, 6.45) is 5.77. The summed E-state index contributed by atoms with van der Waals surface area (Å²) in [4.78, 5) is 14.3. The Morgan fingerprint density at radius 2 is 2.10 bits per heavy atom. The molecule has 2 aromatic rings. The van der Waals surface area contributed by atoms with Gasteiger partial charge in [0.05, 0.1) is 0 Å². The van der Waals surface area contributed by atoms with Crippen LogP contribution in [0.25, 0.3) is 5.82 Å². The first-order valence-electron chi connectivity index (χ1n) is 6.99. The minimum Gasteiger partial charge on any atom is -0.306 e. The standard InChI is InChI=1S/C14H19N5O/c1-17-9-5-12(6-10-17)11-19-14(20)4-3-13(16-19)18-8-2-7-15-18/h2-4,7-8,12H,5-6,9-11H2,1H3. The van der Waals surface area contributed by atoms with Crippen molar-refractivity contribution < 1.29 is 0 Å². The fraction of sp³-hybridized carbons (Fsp3) is 0.500. The number of hydrogen-bond donors (Lipinski definition) is 0. The Morgan fingerprint density at radius 3 is 2.80 bits per heavy atom. The largest absolute Gasteiger partial charge is 0.306 e. The van der Waals surface area contributed by atoms with Crippen LogP contribution in [-0.2, 0) is 6.54 Å². The van der Waals surface area contributed by atoms with E-state index in [0.29, 0.717) is 18.3 Å². The number of nitrogens with zero attached hydrogens (tertiary/aromatic N) is 5. The van der Waals surface area contributed by atoms with Gasteiger partial charge in [0.2, 0.25) is 0 Å². The molecule has 1 aliphatic rings. The summed E-state index contributed by atoms with van der Waals surface area (Å²) in [5.41, 5.74) is -0.0418. The van der Waals surface area contributed by atoms with Crippen molar-refractivity contribution in [2.24, 2.45) is 5.92 Å². The van der Waals surface area contributed by atoms with Gasteiger partial charge < -0.3 is 4.90 Å². The predicted octanol–water partition coefficient (Wildman–Crippen LogP) is 0.771. The molecule has 0 bridgehead atoms. The highest BCUT2D eigenvalue weighted by Crippen LogP contribution is 2.17. The summed E-state index contributed by atoms with van der Waals surface area (Å²) in [6, 6.07) is 5.12. The van der Waals surface area contributed by atoms with Crippen molar-refractivity contribution in [1.82, 2.24) is 24.5 Å². The van der Waals surface area contributed by atoms with Gasteiger partial charge in [-0.05, 0) is 51.0 Å². The van der Waals surface area contributed by atoms with Crippen LogP contribution in [0.1, 0.15) is 12.8 Å². The van der Waals surface area contributed by atoms with Gasteiger partial charge in [-0.3, -0.25) is 4.79 Å². The Morgan fingerprint density at radius 1 is 1.30 bits per heavy atom. The first-order chi connectivity index (χ1) is 9.72. The third-order valence-corrected chi connectivity index (χ3v) is 3.86. The van der Waals surface area contributed by atoms with Crippen molar-refractivity contribution >= 4 is 0 Å². The van der Waals surface area contributed by atoms with E-state index in [1.54, 1.807) is 27.7 Å². The van der Waals surface area contributed by atoms with Gasteiger partial charge in [-0.2, -0.15) is 5.10 Å². The maximum atomic E-state index is 11.9. The van der Waals surface area contributed by atoms with Crippen LogP contribution >= 0.6 is 0 Å². The minimum absolute atomic E-state index is 0.0418. The van der Waals surface area contributed by atoms with Gasteiger partial charge >= 0.3 is 0 Å². The number of piperidine rings is 1. The summed E-state index contributed by atoms with van der Waals surface area (Å²) in [5, 5.41) is 8.57. The highest BCUT2D eigenvalue weighted by molar-refractivity contribution is 5.17. The number of likely N-dealkylation sites (tertiary alicyclic amines) is 1. The zero-order valence-electron chi connectivity index (χ0n) is 11.6. The lowest BCUT2D eigenvalue weighted by atomic mass is 9.97. The van der Waals surface area contributed by atoms with Gasteiger partial charge in [-0.25, -0.2) is 9.36 Å². The predicted molar refractivity (Wildman–Crippen MR) is 75.8 cm³/mol. The fourth-order valence-corrected chi connectivity index (χ4v) is 2.58. The van der Waals surface area contributed by atoms with Crippen molar-refractivity contribution in [1.29, 1.82) is 0 Å². The second kappa shape index (κ2) is 5.58. The van der Waals surface area contributed by atoms with Crippen LogP contribution in [0.5, 0.6) is 0 Å². The first kappa shape index (κ1) is 13.1. The average molecular weight is 273 g/mol. The van der Waals surface area contributed by atoms with E-state index in [1.165, 1.54) is 0 Å². The maximum Gasteiger partial charge on any atom is 0.266 e. The number of aromatic nitrogens is 4. The van der Waals surface area contributed by atoms with E-state index in [0.717, 1.165) is 25.9 Å². The second-order valence-corrected chi connectivity index (χ2v) is 5.41. The van der Waals surface area contributed by atoms with Crippen molar-refractivity contribution in [2.45, 2.75) is 19.4 Å². The number of rotatable bonds is 3. The molecule has 6 nitrogen and oxygen atoms in total. The molecule has 3 heterocycles. The molecular formula is C14H19N5O. The van der Waals surface area contributed by atoms with Gasteiger partial charge in [-0.15, -0.1) is 5.10 Å². The summed E-state index contributed by atoms with van der Waals surface area (Å²) < 4.78 is 3.25. The van der Waals surface area contributed by atoms with E-state index in [1.807, 2.05) is 12.3 Å². The van der Waals surface area contributed by atoms with Gasteiger partial charge in [0.25, 0.3) is 5.56 Å². The summed E-state index contributed by atoms with van der Waals surface area (Å²) >= 11 is 0. The van der Waals surface area contributed by atoms with E-state index in [2.05, 4.69) is 22.1 Å². The van der Waals surface area contributed by atoms with Crippen LogP contribution < -0.4 is 5.56 Å². The Hall–Kier alpha value is -1.95. The van der Waals surface area contributed by atoms with Gasteiger partial charge in [0.15, 0.2) is 5.82 Å². The van der Waals surface area contributed by atoms with E-state index in [9.17, 15) is 4.79 Å². The molecule has 0 atom stereocenters. The van der Waals surface area contributed by atoms with Crippen LogP contribution in [0.3, 0.4) is 0 Å². The lowest BCUT2D eigenvalue weighted by molar-refractivity contribution is 0.199. The molecule has 3 rings (SSSR count). The second-order valence-electron chi connectivity index (χ2n) is 5.41. The van der Waals surface area contributed by atoms with Crippen LogP contribution in [0.2, 0.25) is 0 Å². The zero-order chi connectivity index (χ0) is 13.9. The van der Waals surface area contributed by atoms with Crippen molar-refractivity contribution in [3.63, 3.8) is 0 Å².